The zero-order valence-electron chi connectivity index (χ0n) is 13.7. The summed E-state index contributed by atoms with van der Waals surface area (Å²) in [6.45, 7) is 4.31. The van der Waals surface area contributed by atoms with E-state index < -0.39 is 0 Å². The molecule has 1 heterocycles. The van der Waals surface area contributed by atoms with E-state index in [9.17, 15) is 4.79 Å². The average molecular weight is 313 g/mol. The molecule has 122 valence electrons. The van der Waals surface area contributed by atoms with E-state index in [1.165, 1.54) is 5.56 Å². The van der Waals surface area contributed by atoms with E-state index in [1.807, 2.05) is 56.4 Å². The number of unbranched alkanes of at least 4 members (excludes halogenated alkanes) is 1. The second kappa shape index (κ2) is 8.93. The van der Waals surface area contributed by atoms with Crippen LogP contribution in [0.15, 0.2) is 42.6 Å². The molecule has 2 aromatic rings. The van der Waals surface area contributed by atoms with Crippen molar-refractivity contribution in [2.75, 3.05) is 6.61 Å². The molecule has 0 atom stereocenters. The second-order valence-corrected chi connectivity index (χ2v) is 5.43. The van der Waals surface area contributed by atoms with Gasteiger partial charge in [-0.25, -0.2) is 4.98 Å². The Morgan fingerprint density at radius 1 is 1.09 bits per heavy atom. The highest BCUT2D eigenvalue weighted by molar-refractivity contribution is 5.69. The van der Waals surface area contributed by atoms with E-state index in [-0.39, 0.29) is 5.97 Å². The number of carbonyl (C=O) groups excluding carboxylic acids is 1. The van der Waals surface area contributed by atoms with Crippen molar-refractivity contribution in [2.24, 2.45) is 0 Å². The van der Waals surface area contributed by atoms with E-state index in [0.717, 1.165) is 30.6 Å². The second-order valence-electron chi connectivity index (χ2n) is 5.43. The Balaban J connectivity index is 1.76. The first kappa shape index (κ1) is 17.0. The maximum absolute atomic E-state index is 11.2. The van der Waals surface area contributed by atoms with Gasteiger partial charge in [-0.3, -0.25) is 4.79 Å². The van der Waals surface area contributed by atoms with Crippen LogP contribution in [-0.2, 0) is 16.0 Å². The lowest BCUT2D eigenvalue weighted by molar-refractivity contribution is -0.143. The molecule has 0 unspecified atom stereocenters. The predicted molar refractivity (Wildman–Crippen MR) is 89.7 cm³/mol. The Kier molecular flexibility index (Phi) is 6.60. The topological polar surface area (TPSA) is 48.4 Å². The van der Waals surface area contributed by atoms with Crippen molar-refractivity contribution < 1.29 is 14.3 Å². The summed E-state index contributed by atoms with van der Waals surface area (Å²) in [5.74, 6) is 1.25. The molecule has 0 radical (unpaired) electrons. The summed E-state index contributed by atoms with van der Waals surface area (Å²) in [6, 6.07) is 11.8. The summed E-state index contributed by atoms with van der Waals surface area (Å²) in [5.41, 5.74) is 2.34. The van der Waals surface area contributed by atoms with Crippen molar-refractivity contribution in [3.05, 3.63) is 53.7 Å². The number of carbonyl (C=O) groups is 1. The number of ether oxygens (including phenoxy) is 2. The normalized spacial score (nSPS) is 10.3. The van der Waals surface area contributed by atoms with E-state index in [4.69, 9.17) is 9.47 Å². The quantitative estimate of drug-likeness (QED) is 0.533. The van der Waals surface area contributed by atoms with E-state index in [1.54, 1.807) is 0 Å². The molecule has 1 aromatic carbocycles. The van der Waals surface area contributed by atoms with Gasteiger partial charge < -0.3 is 9.47 Å². The number of nitrogens with zero attached hydrogens (tertiary/aromatic N) is 1. The van der Waals surface area contributed by atoms with E-state index in [0.29, 0.717) is 18.9 Å². The standard InChI is InChI=1S/C19H23NO3/c1-3-22-19(21)7-5-4-6-16-10-13-18(20-14-16)23-17-11-8-15(2)9-12-17/h8-14H,3-7H2,1-2H3. The average Bonchev–Trinajstić information content (AvgIpc) is 2.55. The monoisotopic (exact) mass is 313 g/mol. The van der Waals surface area contributed by atoms with Crippen LogP contribution >= 0.6 is 0 Å². The fraction of sp³-hybridized carbons (Fsp3) is 0.368. The van der Waals surface area contributed by atoms with Gasteiger partial charge in [-0.15, -0.1) is 0 Å². The molecule has 4 nitrogen and oxygen atoms in total. The molecule has 4 heteroatoms. The minimum absolute atomic E-state index is 0.118. The molecule has 0 fully saturated rings. The number of aromatic nitrogens is 1. The van der Waals surface area contributed by atoms with Crippen molar-refractivity contribution in [3.8, 4) is 11.6 Å². The minimum Gasteiger partial charge on any atom is -0.466 e. The minimum atomic E-state index is -0.118. The maximum atomic E-state index is 11.2. The van der Waals surface area contributed by atoms with Gasteiger partial charge >= 0.3 is 5.97 Å². The Bertz CT molecular complexity index is 606. The summed E-state index contributed by atoms with van der Waals surface area (Å²) in [5, 5.41) is 0. The Labute approximate surface area is 137 Å². The third-order valence-corrected chi connectivity index (χ3v) is 3.44. The third kappa shape index (κ3) is 6.10. The number of esters is 1. The molecule has 0 aliphatic rings. The van der Waals surface area contributed by atoms with E-state index in [2.05, 4.69) is 4.98 Å². The van der Waals surface area contributed by atoms with Gasteiger partial charge in [0.15, 0.2) is 0 Å². The highest BCUT2D eigenvalue weighted by atomic mass is 16.5. The summed E-state index contributed by atoms with van der Waals surface area (Å²) in [6.07, 6.45) is 4.99. The molecule has 0 saturated carbocycles. The number of hydrogen-bond donors (Lipinski definition) is 0. The molecule has 0 spiro atoms. The van der Waals surface area contributed by atoms with Crippen LogP contribution < -0.4 is 4.74 Å². The molecular weight excluding hydrogens is 290 g/mol. The Hall–Kier alpha value is -2.36. The van der Waals surface area contributed by atoms with Gasteiger partial charge in [-0.2, -0.15) is 0 Å². The van der Waals surface area contributed by atoms with Gasteiger partial charge in [-0.05, 0) is 50.8 Å². The third-order valence-electron chi connectivity index (χ3n) is 3.44. The summed E-state index contributed by atoms with van der Waals surface area (Å²) in [4.78, 5) is 15.6. The first-order chi connectivity index (χ1) is 11.2. The van der Waals surface area contributed by atoms with E-state index >= 15 is 0 Å². The van der Waals surface area contributed by atoms with Crippen molar-refractivity contribution in [1.29, 1.82) is 0 Å². The van der Waals surface area contributed by atoms with Crippen molar-refractivity contribution >= 4 is 5.97 Å². The van der Waals surface area contributed by atoms with Gasteiger partial charge in [0.2, 0.25) is 5.88 Å². The summed E-state index contributed by atoms with van der Waals surface area (Å²) < 4.78 is 10.6. The number of hydrogen-bond acceptors (Lipinski definition) is 4. The van der Waals surface area contributed by atoms with Crippen LogP contribution in [0.3, 0.4) is 0 Å². The van der Waals surface area contributed by atoms with Crippen molar-refractivity contribution in [2.45, 2.75) is 39.5 Å². The van der Waals surface area contributed by atoms with Crippen LogP contribution in [0.2, 0.25) is 0 Å². The molecule has 0 saturated heterocycles. The zero-order chi connectivity index (χ0) is 16.5. The van der Waals surface area contributed by atoms with Crippen LogP contribution in [-0.4, -0.2) is 17.6 Å². The van der Waals surface area contributed by atoms with Gasteiger partial charge in [0, 0.05) is 18.7 Å². The van der Waals surface area contributed by atoms with Crippen LogP contribution in [0.4, 0.5) is 0 Å². The van der Waals surface area contributed by atoms with Gasteiger partial charge in [0.25, 0.3) is 0 Å². The van der Waals surface area contributed by atoms with Crippen molar-refractivity contribution in [1.82, 2.24) is 4.98 Å². The highest BCUT2D eigenvalue weighted by Gasteiger charge is 2.03. The SMILES string of the molecule is CCOC(=O)CCCCc1ccc(Oc2ccc(C)cc2)nc1. The fourth-order valence-electron chi connectivity index (χ4n) is 2.18. The van der Waals surface area contributed by atoms with Gasteiger partial charge in [-0.1, -0.05) is 23.8 Å². The zero-order valence-corrected chi connectivity index (χ0v) is 13.7. The molecule has 0 aliphatic heterocycles. The number of rotatable bonds is 8. The molecular formula is C19H23NO3. The molecule has 0 aliphatic carbocycles. The van der Waals surface area contributed by atoms with Gasteiger partial charge in [0.1, 0.15) is 5.75 Å². The summed E-state index contributed by atoms with van der Waals surface area (Å²) in [7, 11) is 0. The fourth-order valence-corrected chi connectivity index (χ4v) is 2.18. The Morgan fingerprint density at radius 3 is 2.52 bits per heavy atom. The van der Waals surface area contributed by atoms with Crippen LogP contribution in [0.25, 0.3) is 0 Å². The Morgan fingerprint density at radius 2 is 1.87 bits per heavy atom. The largest absolute Gasteiger partial charge is 0.466 e. The molecule has 23 heavy (non-hydrogen) atoms. The molecule has 0 amide bonds. The van der Waals surface area contributed by atoms with Crippen molar-refractivity contribution in [3.63, 3.8) is 0 Å². The van der Waals surface area contributed by atoms with Crippen LogP contribution in [0, 0.1) is 6.92 Å². The molecule has 0 N–H and O–H groups in total. The highest BCUT2D eigenvalue weighted by Crippen LogP contribution is 2.20. The maximum Gasteiger partial charge on any atom is 0.305 e. The lowest BCUT2D eigenvalue weighted by Crippen LogP contribution is -2.03. The molecule has 1 aromatic heterocycles. The number of aryl methyl sites for hydroxylation is 2. The predicted octanol–water partition coefficient (Wildman–Crippen LogP) is 4.46. The smallest absolute Gasteiger partial charge is 0.305 e. The first-order valence-electron chi connectivity index (χ1n) is 8.02. The lowest BCUT2D eigenvalue weighted by atomic mass is 10.1. The first-order valence-corrected chi connectivity index (χ1v) is 8.02. The molecule has 2 rings (SSSR count). The lowest BCUT2D eigenvalue weighted by Gasteiger charge is -2.06. The molecule has 0 bridgehead atoms. The number of pyridine rings is 1. The van der Waals surface area contributed by atoms with Crippen LogP contribution in [0.5, 0.6) is 11.6 Å². The van der Waals surface area contributed by atoms with Gasteiger partial charge in [0.05, 0.1) is 6.61 Å². The summed E-state index contributed by atoms with van der Waals surface area (Å²) >= 11 is 0. The number of benzene rings is 1. The van der Waals surface area contributed by atoms with Crippen LogP contribution in [0.1, 0.15) is 37.3 Å².